The zero-order valence-electron chi connectivity index (χ0n) is 22.5. The summed E-state index contributed by atoms with van der Waals surface area (Å²) in [6.07, 6.45) is 0.268. The second-order valence-corrected chi connectivity index (χ2v) is 9.41. The molecule has 0 saturated carbocycles. The number of primary amides is 1. The van der Waals surface area contributed by atoms with Gasteiger partial charge in [0.1, 0.15) is 18.1 Å². The summed E-state index contributed by atoms with van der Waals surface area (Å²) < 4.78 is 0. The summed E-state index contributed by atoms with van der Waals surface area (Å²) >= 11 is 0. The van der Waals surface area contributed by atoms with Crippen molar-refractivity contribution in [1.29, 1.82) is 0 Å². The second kappa shape index (κ2) is 15.6. The van der Waals surface area contributed by atoms with E-state index in [0.717, 1.165) is 10.9 Å². The number of aromatic amines is 1. The molecule has 0 radical (unpaired) electrons. The second-order valence-electron chi connectivity index (χ2n) is 9.41. The van der Waals surface area contributed by atoms with E-state index in [1.807, 2.05) is 0 Å². The molecule has 2 aromatic rings. The summed E-state index contributed by atoms with van der Waals surface area (Å²) in [6.45, 7) is 0.0746. The third-order valence-corrected chi connectivity index (χ3v) is 6.06. The quantitative estimate of drug-likeness (QED) is 0.0503. The normalized spacial score (nSPS) is 13.6. The molecule has 14 N–H and O–H groups in total. The Morgan fingerprint density at radius 3 is 2.10 bits per heavy atom. The number of benzene rings is 1. The van der Waals surface area contributed by atoms with Crippen LogP contribution in [0.3, 0.4) is 0 Å². The number of rotatable bonds is 17. The molecule has 0 aliphatic rings. The van der Waals surface area contributed by atoms with Crippen molar-refractivity contribution < 1.29 is 39.0 Å². The van der Waals surface area contributed by atoms with Crippen LogP contribution in [0.5, 0.6) is 0 Å². The van der Waals surface area contributed by atoms with E-state index in [0.29, 0.717) is 5.56 Å². The number of fused-ring (bicyclic) bond motifs is 1. The number of carboxylic acids is 2. The molecule has 4 atom stereocenters. The van der Waals surface area contributed by atoms with Gasteiger partial charge in [0, 0.05) is 30.1 Å². The molecule has 0 aliphatic heterocycles. The van der Waals surface area contributed by atoms with E-state index in [4.69, 9.17) is 28.0 Å². The third kappa shape index (κ3) is 10.4. The lowest BCUT2D eigenvalue weighted by molar-refractivity contribution is -0.143. The van der Waals surface area contributed by atoms with Crippen LogP contribution in [0.2, 0.25) is 0 Å². The predicted octanol–water partition coefficient (Wildman–Crippen LogP) is -3.02. The lowest BCUT2D eigenvalue weighted by Gasteiger charge is -2.25. The van der Waals surface area contributed by atoms with E-state index in [-0.39, 0.29) is 31.8 Å². The highest BCUT2D eigenvalue weighted by atomic mass is 16.4. The van der Waals surface area contributed by atoms with E-state index in [2.05, 4.69) is 25.9 Å². The molecular weight excluding hydrogens is 554 g/mol. The van der Waals surface area contributed by atoms with Crippen LogP contribution in [0.15, 0.2) is 35.5 Å². The highest BCUT2D eigenvalue weighted by Crippen LogP contribution is 2.19. The first kappa shape index (κ1) is 33.0. The highest BCUT2D eigenvalue weighted by Gasteiger charge is 2.31. The van der Waals surface area contributed by atoms with Gasteiger partial charge in [0.25, 0.3) is 0 Å². The topological polar surface area (TPSA) is 311 Å². The number of para-hydroxylation sites is 1. The standard InChI is InChI=1S/C25H35N9O8/c26-14(9-20(36)37)21(38)33-17(8-12-11-31-15-5-2-1-4-13(12)15)23(40)32-16(6-3-7-30-25(28)29)22(39)34-18(24(41)42)10-19(27)35/h1-2,4-5,11,14,16-18,31H,3,6-10,26H2,(H2,27,35)(H,32,40)(H,33,38)(H,34,39)(H,36,37)(H,41,42)(H4,28,29,30). The summed E-state index contributed by atoms with van der Waals surface area (Å²) in [5, 5.41) is 26.2. The average Bonchev–Trinajstić information content (AvgIpc) is 3.31. The van der Waals surface area contributed by atoms with Crippen LogP contribution in [0.4, 0.5) is 0 Å². The Kier molecular flexibility index (Phi) is 12.2. The van der Waals surface area contributed by atoms with Crippen molar-refractivity contribution in [3.8, 4) is 0 Å². The molecule has 228 valence electrons. The van der Waals surface area contributed by atoms with Crippen LogP contribution in [-0.2, 0) is 35.2 Å². The molecule has 0 aliphatic carbocycles. The number of carboxylic acid groups (broad SMARTS) is 2. The summed E-state index contributed by atoms with van der Waals surface area (Å²) in [5.74, 6) is -6.73. The Bertz CT molecular complexity index is 1340. The van der Waals surface area contributed by atoms with Gasteiger partial charge in [-0.2, -0.15) is 0 Å². The van der Waals surface area contributed by atoms with Gasteiger partial charge in [0.05, 0.1) is 18.9 Å². The number of amides is 4. The van der Waals surface area contributed by atoms with E-state index in [9.17, 15) is 33.9 Å². The zero-order chi connectivity index (χ0) is 31.4. The van der Waals surface area contributed by atoms with Crippen LogP contribution < -0.4 is 38.9 Å². The number of nitrogens with zero attached hydrogens (tertiary/aromatic N) is 1. The first-order valence-corrected chi connectivity index (χ1v) is 12.8. The van der Waals surface area contributed by atoms with E-state index in [1.54, 1.807) is 30.5 Å². The largest absolute Gasteiger partial charge is 0.481 e. The number of aliphatic carboxylic acids is 2. The molecule has 0 fully saturated rings. The molecule has 4 unspecified atom stereocenters. The molecule has 0 saturated heterocycles. The minimum absolute atomic E-state index is 0.0659. The van der Waals surface area contributed by atoms with Gasteiger partial charge in [-0.3, -0.25) is 29.0 Å². The SMILES string of the molecule is NC(=O)CC(NC(=O)C(CCCN=C(N)N)NC(=O)C(Cc1c[nH]c2ccccc12)NC(=O)C(N)CC(=O)O)C(=O)O. The van der Waals surface area contributed by atoms with Gasteiger partial charge in [-0.05, 0) is 24.5 Å². The molecule has 1 heterocycles. The third-order valence-electron chi connectivity index (χ3n) is 6.06. The molecule has 0 spiro atoms. The molecule has 4 amide bonds. The van der Waals surface area contributed by atoms with Gasteiger partial charge in [-0.25, -0.2) is 4.79 Å². The van der Waals surface area contributed by atoms with Crippen molar-refractivity contribution >= 4 is 52.4 Å². The van der Waals surface area contributed by atoms with Crippen molar-refractivity contribution in [3.63, 3.8) is 0 Å². The molecular formula is C25H35N9O8. The monoisotopic (exact) mass is 589 g/mol. The maximum absolute atomic E-state index is 13.5. The number of hydrogen-bond donors (Lipinski definition) is 10. The number of H-pyrrole nitrogens is 1. The van der Waals surface area contributed by atoms with Crippen molar-refractivity contribution in [2.24, 2.45) is 27.9 Å². The molecule has 42 heavy (non-hydrogen) atoms. The number of nitrogens with one attached hydrogen (secondary N) is 4. The Morgan fingerprint density at radius 2 is 1.48 bits per heavy atom. The number of carbonyl (C=O) groups is 6. The molecule has 17 nitrogen and oxygen atoms in total. The number of carbonyl (C=O) groups excluding carboxylic acids is 4. The number of aliphatic imine (C=N–C) groups is 1. The summed E-state index contributed by atoms with van der Waals surface area (Å²) in [6, 6.07) is 1.36. The Hall–Kier alpha value is -5.19. The molecule has 1 aromatic heterocycles. The van der Waals surface area contributed by atoms with E-state index >= 15 is 0 Å². The van der Waals surface area contributed by atoms with Crippen LogP contribution in [0.1, 0.15) is 31.2 Å². The number of hydrogen-bond acceptors (Lipinski definition) is 8. The summed E-state index contributed by atoms with van der Waals surface area (Å²) in [4.78, 5) is 80.0. The van der Waals surface area contributed by atoms with E-state index in [1.165, 1.54) is 0 Å². The minimum Gasteiger partial charge on any atom is -0.481 e. The Labute approximate surface area is 239 Å². The van der Waals surface area contributed by atoms with Gasteiger partial charge in [0.15, 0.2) is 5.96 Å². The van der Waals surface area contributed by atoms with Crippen molar-refractivity contribution in [2.75, 3.05) is 6.54 Å². The highest BCUT2D eigenvalue weighted by molar-refractivity contribution is 5.96. The number of nitrogens with two attached hydrogens (primary N) is 4. The van der Waals surface area contributed by atoms with Crippen molar-refractivity contribution in [3.05, 3.63) is 36.0 Å². The van der Waals surface area contributed by atoms with Crippen molar-refractivity contribution in [2.45, 2.75) is 56.3 Å². The van der Waals surface area contributed by atoms with Crippen molar-refractivity contribution in [1.82, 2.24) is 20.9 Å². The van der Waals surface area contributed by atoms with Gasteiger partial charge >= 0.3 is 11.9 Å². The average molecular weight is 590 g/mol. The number of guanidine groups is 1. The number of aromatic nitrogens is 1. The molecule has 2 rings (SSSR count). The van der Waals surface area contributed by atoms with Gasteiger partial charge in [-0.15, -0.1) is 0 Å². The van der Waals surface area contributed by atoms with Crippen LogP contribution >= 0.6 is 0 Å². The smallest absolute Gasteiger partial charge is 0.326 e. The predicted molar refractivity (Wildman–Crippen MR) is 149 cm³/mol. The first-order chi connectivity index (χ1) is 19.8. The fourth-order valence-electron chi connectivity index (χ4n) is 4.01. The van der Waals surface area contributed by atoms with Gasteiger partial charge in [0.2, 0.25) is 23.6 Å². The summed E-state index contributed by atoms with van der Waals surface area (Å²) in [5.41, 5.74) is 22.8. The minimum atomic E-state index is -1.66. The van der Waals surface area contributed by atoms with Gasteiger partial charge < -0.3 is 54.1 Å². The fraction of sp³-hybridized carbons (Fsp3) is 0.400. The van der Waals surface area contributed by atoms with Crippen LogP contribution in [0, 0.1) is 0 Å². The fourth-order valence-corrected chi connectivity index (χ4v) is 4.01. The Balaban J connectivity index is 2.33. The van der Waals surface area contributed by atoms with Crippen LogP contribution in [0.25, 0.3) is 10.9 Å². The summed E-state index contributed by atoms with van der Waals surface area (Å²) in [7, 11) is 0. The van der Waals surface area contributed by atoms with Crippen LogP contribution in [-0.4, -0.2) is 87.4 Å². The molecule has 1 aromatic carbocycles. The lowest BCUT2D eigenvalue weighted by atomic mass is 10.0. The Morgan fingerprint density at radius 1 is 0.857 bits per heavy atom. The molecule has 17 heteroatoms. The lowest BCUT2D eigenvalue weighted by Crippen LogP contribution is -2.58. The maximum Gasteiger partial charge on any atom is 0.326 e. The zero-order valence-corrected chi connectivity index (χ0v) is 22.5. The first-order valence-electron chi connectivity index (χ1n) is 12.8. The van der Waals surface area contributed by atoms with E-state index < -0.39 is 72.6 Å². The van der Waals surface area contributed by atoms with Gasteiger partial charge in [-0.1, -0.05) is 18.2 Å². The molecule has 0 bridgehead atoms. The maximum atomic E-state index is 13.5.